The van der Waals surface area contributed by atoms with Crippen LogP contribution in [-0.2, 0) is 6.42 Å². The molecule has 0 atom stereocenters. The lowest BCUT2D eigenvalue weighted by atomic mass is 9.88. The highest BCUT2D eigenvalue weighted by Gasteiger charge is 2.42. The number of carbonyl (C=O) groups is 1. The first-order valence-corrected chi connectivity index (χ1v) is 7.68. The summed E-state index contributed by atoms with van der Waals surface area (Å²) in [6, 6.07) is 7.90. The molecule has 1 aromatic rings. The molecule has 1 aromatic carbocycles. The van der Waals surface area contributed by atoms with Crippen molar-refractivity contribution in [3.05, 3.63) is 35.4 Å². The van der Waals surface area contributed by atoms with E-state index in [9.17, 15) is 9.90 Å². The van der Waals surface area contributed by atoms with Crippen molar-refractivity contribution < 1.29 is 9.90 Å². The van der Waals surface area contributed by atoms with Crippen molar-refractivity contribution in [3.63, 3.8) is 0 Å². The highest BCUT2D eigenvalue weighted by Crippen LogP contribution is 2.27. The third kappa shape index (κ3) is 3.40. The smallest absolute Gasteiger partial charge is 0.254 e. The molecule has 110 valence electrons. The van der Waals surface area contributed by atoms with E-state index in [2.05, 4.69) is 13.8 Å². The van der Waals surface area contributed by atoms with Crippen LogP contribution in [0.3, 0.4) is 0 Å². The van der Waals surface area contributed by atoms with Crippen LogP contribution in [0.1, 0.15) is 55.5 Å². The molecule has 0 bridgehead atoms. The van der Waals surface area contributed by atoms with Crippen LogP contribution >= 0.6 is 0 Å². The lowest BCUT2D eigenvalue weighted by molar-refractivity contribution is -0.0860. The maximum absolute atomic E-state index is 12.3. The Balaban J connectivity index is 1.91. The van der Waals surface area contributed by atoms with E-state index < -0.39 is 5.60 Å². The zero-order valence-corrected chi connectivity index (χ0v) is 12.6. The predicted octanol–water partition coefficient (Wildman–Crippen LogP) is 3.02. The quantitative estimate of drug-likeness (QED) is 0.867. The van der Waals surface area contributed by atoms with Crippen LogP contribution in [0.2, 0.25) is 0 Å². The van der Waals surface area contributed by atoms with Gasteiger partial charge in [0.2, 0.25) is 0 Å². The van der Waals surface area contributed by atoms with Crippen LogP contribution in [-0.4, -0.2) is 34.6 Å². The summed E-state index contributed by atoms with van der Waals surface area (Å²) in [5.74, 6) is 0.0350. The van der Waals surface area contributed by atoms with E-state index >= 15 is 0 Å². The minimum atomic E-state index is -0.647. The van der Waals surface area contributed by atoms with Crippen LogP contribution in [0.25, 0.3) is 0 Å². The SMILES string of the molecule is CCCCc1ccc(C(=O)N2CC(O)(CCC)C2)cc1. The second kappa shape index (κ2) is 6.40. The van der Waals surface area contributed by atoms with E-state index in [0.717, 1.165) is 24.8 Å². The molecule has 3 heteroatoms. The van der Waals surface area contributed by atoms with Gasteiger partial charge in [-0.15, -0.1) is 0 Å². The Kier molecular flexibility index (Phi) is 4.81. The van der Waals surface area contributed by atoms with E-state index in [4.69, 9.17) is 0 Å². The second-order valence-corrected chi connectivity index (χ2v) is 5.94. The van der Waals surface area contributed by atoms with Gasteiger partial charge in [-0.3, -0.25) is 4.79 Å². The third-order valence-corrected chi connectivity index (χ3v) is 3.99. The monoisotopic (exact) mass is 275 g/mol. The normalized spacial score (nSPS) is 16.9. The molecule has 1 aliphatic rings. The number of likely N-dealkylation sites (tertiary alicyclic amines) is 1. The first-order chi connectivity index (χ1) is 9.58. The molecule has 20 heavy (non-hydrogen) atoms. The molecule has 0 aliphatic carbocycles. The van der Waals surface area contributed by atoms with Crippen LogP contribution in [0.15, 0.2) is 24.3 Å². The summed E-state index contributed by atoms with van der Waals surface area (Å²) in [5, 5.41) is 10.1. The van der Waals surface area contributed by atoms with Gasteiger partial charge in [0.25, 0.3) is 5.91 Å². The van der Waals surface area contributed by atoms with Crippen LogP contribution in [0.5, 0.6) is 0 Å². The average molecular weight is 275 g/mol. The fourth-order valence-corrected chi connectivity index (χ4v) is 2.81. The average Bonchev–Trinajstić information content (AvgIpc) is 2.42. The summed E-state index contributed by atoms with van der Waals surface area (Å²) in [6.07, 6.45) is 5.16. The maximum Gasteiger partial charge on any atom is 0.254 e. The summed E-state index contributed by atoms with van der Waals surface area (Å²) in [5.41, 5.74) is 1.36. The third-order valence-electron chi connectivity index (χ3n) is 3.99. The maximum atomic E-state index is 12.3. The van der Waals surface area contributed by atoms with Crippen molar-refractivity contribution in [1.82, 2.24) is 4.90 Å². The number of hydrogen-bond donors (Lipinski definition) is 1. The van der Waals surface area contributed by atoms with E-state index in [1.165, 1.54) is 18.4 Å². The summed E-state index contributed by atoms with van der Waals surface area (Å²) in [4.78, 5) is 14.0. The van der Waals surface area contributed by atoms with Crippen molar-refractivity contribution >= 4 is 5.91 Å². The van der Waals surface area contributed by atoms with Gasteiger partial charge in [0.15, 0.2) is 0 Å². The summed E-state index contributed by atoms with van der Waals surface area (Å²) in [6.45, 7) is 5.17. The number of hydrogen-bond acceptors (Lipinski definition) is 2. The van der Waals surface area contributed by atoms with Gasteiger partial charge < -0.3 is 10.0 Å². The van der Waals surface area contributed by atoms with Gasteiger partial charge in [-0.1, -0.05) is 38.8 Å². The number of aliphatic hydroxyl groups is 1. The predicted molar refractivity (Wildman–Crippen MR) is 80.8 cm³/mol. The molecule has 2 rings (SSSR count). The lowest BCUT2D eigenvalue weighted by Crippen LogP contribution is -2.63. The Bertz CT molecular complexity index is 447. The van der Waals surface area contributed by atoms with Gasteiger partial charge in [0.05, 0.1) is 18.7 Å². The fraction of sp³-hybridized carbons (Fsp3) is 0.588. The Morgan fingerprint density at radius 2 is 1.85 bits per heavy atom. The first-order valence-electron chi connectivity index (χ1n) is 7.68. The highest BCUT2D eigenvalue weighted by molar-refractivity contribution is 5.95. The number of aryl methyl sites for hydroxylation is 1. The Morgan fingerprint density at radius 1 is 1.20 bits per heavy atom. The topological polar surface area (TPSA) is 40.5 Å². The fourth-order valence-electron chi connectivity index (χ4n) is 2.81. The lowest BCUT2D eigenvalue weighted by Gasteiger charge is -2.46. The van der Waals surface area contributed by atoms with Gasteiger partial charge in [0, 0.05) is 5.56 Å². The van der Waals surface area contributed by atoms with E-state index in [0.29, 0.717) is 13.1 Å². The Morgan fingerprint density at radius 3 is 2.40 bits per heavy atom. The molecule has 0 radical (unpaired) electrons. The van der Waals surface area contributed by atoms with Crippen molar-refractivity contribution in [3.8, 4) is 0 Å². The number of carbonyl (C=O) groups excluding carboxylic acids is 1. The Labute approximate surface area is 121 Å². The van der Waals surface area contributed by atoms with Crippen molar-refractivity contribution in [1.29, 1.82) is 0 Å². The Hall–Kier alpha value is -1.35. The first kappa shape index (κ1) is 15.0. The van der Waals surface area contributed by atoms with E-state index in [1.807, 2.05) is 24.3 Å². The number of β-amino-alcohol motifs (C(OH)–C–C–N with tert-alkyl or cyclic N) is 1. The molecule has 1 saturated heterocycles. The van der Waals surface area contributed by atoms with Gasteiger partial charge in [-0.25, -0.2) is 0 Å². The minimum Gasteiger partial charge on any atom is -0.386 e. The highest BCUT2D eigenvalue weighted by atomic mass is 16.3. The molecule has 1 heterocycles. The van der Waals surface area contributed by atoms with Crippen molar-refractivity contribution in [2.75, 3.05) is 13.1 Å². The minimum absolute atomic E-state index is 0.0350. The summed E-state index contributed by atoms with van der Waals surface area (Å²) < 4.78 is 0. The second-order valence-electron chi connectivity index (χ2n) is 5.94. The molecule has 3 nitrogen and oxygen atoms in total. The molecular weight excluding hydrogens is 250 g/mol. The van der Waals surface area contributed by atoms with Crippen LogP contribution < -0.4 is 0 Å². The van der Waals surface area contributed by atoms with Crippen LogP contribution in [0.4, 0.5) is 0 Å². The van der Waals surface area contributed by atoms with Crippen LogP contribution in [0, 0.1) is 0 Å². The summed E-state index contributed by atoms with van der Waals surface area (Å²) in [7, 11) is 0. The molecule has 0 spiro atoms. The summed E-state index contributed by atoms with van der Waals surface area (Å²) >= 11 is 0. The molecular formula is C17H25NO2. The van der Waals surface area contributed by atoms with Gasteiger partial charge >= 0.3 is 0 Å². The van der Waals surface area contributed by atoms with E-state index in [-0.39, 0.29) is 5.91 Å². The molecule has 1 fully saturated rings. The molecule has 1 N–H and O–H groups in total. The van der Waals surface area contributed by atoms with Gasteiger partial charge in [-0.05, 0) is 37.0 Å². The number of benzene rings is 1. The molecule has 0 aromatic heterocycles. The number of unbranched alkanes of at least 4 members (excludes halogenated alkanes) is 1. The zero-order chi connectivity index (χ0) is 14.6. The number of amides is 1. The zero-order valence-electron chi connectivity index (χ0n) is 12.6. The van der Waals surface area contributed by atoms with E-state index in [1.54, 1.807) is 4.90 Å². The molecule has 1 amide bonds. The largest absolute Gasteiger partial charge is 0.386 e. The molecule has 1 aliphatic heterocycles. The van der Waals surface area contributed by atoms with Crippen molar-refractivity contribution in [2.24, 2.45) is 0 Å². The molecule has 0 saturated carbocycles. The van der Waals surface area contributed by atoms with Gasteiger partial charge in [-0.2, -0.15) is 0 Å². The van der Waals surface area contributed by atoms with Gasteiger partial charge in [0.1, 0.15) is 0 Å². The standard InChI is InChI=1S/C17H25NO2/c1-3-5-6-14-7-9-15(10-8-14)16(19)18-12-17(20,13-18)11-4-2/h7-10,20H,3-6,11-13H2,1-2H3. The number of rotatable bonds is 6. The molecule has 0 unspecified atom stereocenters. The van der Waals surface area contributed by atoms with Crippen molar-refractivity contribution in [2.45, 2.75) is 51.6 Å². The number of nitrogens with zero attached hydrogens (tertiary/aromatic N) is 1.